The van der Waals surface area contributed by atoms with Crippen molar-refractivity contribution in [2.24, 2.45) is 11.1 Å². The van der Waals surface area contributed by atoms with Crippen molar-refractivity contribution in [3.05, 3.63) is 65.9 Å². The summed E-state index contributed by atoms with van der Waals surface area (Å²) in [6.07, 6.45) is 4.99. The van der Waals surface area contributed by atoms with Crippen LogP contribution in [0.15, 0.2) is 54.7 Å². The maximum atomic E-state index is 12.2. The molecule has 1 spiro atoms. The van der Waals surface area contributed by atoms with Crippen molar-refractivity contribution in [2.75, 3.05) is 40.9 Å². The van der Waals surface area contributed by atoms with E-state index < -0.39 is 0 Å². The Hall–Kier alpha value is -3.98. The number of hydrogen-bond acceptors (Lipinski definition) is 7. The van der Waals surface area contributed by atoms with Crippen LogP contribution in [0, 0.1) is 5.41 Å². The number of rotatable bonds is 2. The van der Waals surface area contributed by atoms with Crippen LogP contribution in [0.4, 0.5) is 23.0 Å². The first kappa shape index (κ1) is 22.2. The number of piperidine rings is 1. The van der Waals surface area contributed by atoms with E-state index in [4.69, 9.17) is 15.7 Å². The monoisotopic (exact) mass is 494 g/mol. The largest absolute Gasteiger partial charge is 0.355 e. The third-order valence-corrected chi connectivity index (χ3v) is 8.56. The van der Waals surface area contributed by atoms with Crippen molar-refractivity contribution in [1.82, 2.24) is 20.2 Å². The topological polar surface area (TPSA) is 107 Å². The Bertz CT molecular complexity index is 1510. The molecule has 0 radical (unpaired) electrons. The number of anilines is 4. The molecule has 0 saturated carbocycles. The number of carbonyl (C=O) groups is 1. The van der Waals surface area contributed by atoms with Crippen molar-refractivity contribution >= 4 is 40.1 Å². The number of benzene rings is 2. The molecule has 4 heterocycles. The molecule has 0 bridgehead atoms. The van der Waals surface area contributed by atoms with E-state index in [0.29, 0.717) is 18.7 Å². The number of hydrogen-bond donors (Lipinski definition) is 2. The lowest BCUT2D eigenvalue weighted by Gasteiger charge is -2.42. The first-order valence-corrected chi connectivity index (χ1v) is 13.0. The van der Waals surface area contributed by atoms with Gasteiger partial charge in [-0.2, -0.15) is 5.10 Å². The van der Waals surface area contributed by atoms with Gasteiger partial charge in [0.15, 0.2) is 17.0 Å². The molecule has 2 aliphatic heterocycles. The first-order chi connectivity index (χ1) is 18.0. The smallest absolute Gasteiger partial charge is 0.223 e. The van der Waals surface area contributed by atoms with Gasteiger partial charge in [-0.05, 0) is 47.9 Å². The number of aromatic nitrogens is 4. The van der Waals surface area contributed by atoms with Gasteiger partial charge in [0.1, 0.15) is 5.82 Å². The Morgan fingerprint density at radius 1 is 1.03 bits per heavy atom. The second kappa shape index (κ2) is 8.27. The molecule has 37 heavy (non-hydrogen) atoms. The van der Waals surface area contributed by atoms with Gasteiger partial charge in [0, 0.05) is 39.1 Å². The Morgan fingerprint density at radius 3 is 2.57 bits per heavy atom. The van der Waals surface area contributed by atoms with Crippen LogP contribution < -0.4 is 20.4 Å². The molecular formula is C28H30N8O. The normalized spacial score (nSPS) is 20.4. The predicted molar refractivity (Wildman–Crippen MR) is 144 cm³/mol. The molecule has 1 fully saturated rings. The lowest BCUT2D eigenvalue weighted by molar-refractivity contribution is -0.116. The van der Waals surface area contributed by atoms with E-state index in [9.17, 15) is 4.79 Å². The molecule has 3 N–H and O–H groups in total. The third-order valence-electron chi connectivity index (χ3n) is 8.56. The summed E-state index contributed by atoms with van der Waals surface area (Å²) in [5.41, 5.74) is 12.8. The van der Waals surface area contributed by atoms with Crippen LogP contribution >= 0.6 is 0 Å². The fourth-order valence-corrected chi connectivity index (χ4v) is 6.52. The molecule has 7 rings (SSSR count). The number of nitrogens with zero attached hydrogens (tertiary/aromatic N) is 6. The van der Waals surface area contributed by atoms with Gasteiger partial charge in [-0.1, -0.05) is 36.4 Å². The SMILES string of the molecule is CC(=O)N1CCN(c2n[nH]c3nc(N4CCC5(CC4)Cc4ccccc4[C@H]5N)cnc23)c2ccccc21. The number of nitrogens with one attached hydrogen (secondary N) is 1. The summed E-state index contributed by atoms with van der Waals surface area (Å²) in [4.78, 5) is 28.1. The molecule has 188 valence electrons. The van der Waals surface area contributed by atoms with E-state index in [1.54, 1.807) is 6.92 Å². The summed E-state index contributed by atoms with van der Waals surface area (Å²) < 4.78 is 0. The summed E-state index contributed by atoms with van der Waals surface area (Å²) in [5, 5.41) is 7.71. The maximum absolute atomic E-state index is 12.2. The first-order valence-electron chi connectivity index (χ1n) is 13.0. The molecule has 9 nitrogen and oxygen atoms in total. The van der Waals surface area contributed by atoms with Gasteiger partial charge in [0.05, 0.1) is 17.6 Å². The lowest BCUT2D eigenvalue weighted by Crippen LogP contribution is -2.44. The maximum Gasteiger partial charge on any atom is 0.223 e. The predicted octanol–water partition coefficient (Wildman–Crippen LogP) is 3.70. The van der Waals surface area contributed by atoms with Crippen LogP contribution in [-0.2, 0) is 11.2 Å². The number of amides is 1. The summed E-state index contributed by atoms with van der Waals surface area (Å²) in [6.45, 7) is 4.64. The highest BCUT2D eigenvalue weighted by atomic mass is 16.2. The molecule has 9 heteroatoms. The fourth-order valence-electron chi connectivity index (χ4n) is 6.52. The zero-order valence-corrected chi connectivity index (χ0v) is 20.9. The van der Waals surface area contributed by atoms with E-state index >= 15 is 0 Å². The van der Waals surface area contributed by atoms with Crippen LogP contribution in [0.5, 0.6) is 0 Å². The molecule has 1 amide bonds. The van der Waals surface area contributed by atoms with Crippen molar-refractivity contribution in [3.8, 4) is 0 Å². The van der Waals surface area contributed by atoms with Crippen LogP contribution in [0.1, 0.15) is 36.9 Å². The highest BCUT2D eigenvalue weighted by Gasteiger charge is 2.46. The number of H-pyrrole nitrogens is 1. The molecule has 1 aliphatic carbocycles. The Balaban J connectivity index is 1.13. The van der Waals surface area contributed by atoms with Crippen LogP contribution in [0.25, 0.3) is 11.2 Å². The number of nitrogens with two attached hydrogens (primary N) is 1. The van der Waals surface area contributed by atoms with E-state index in [1.807, 2.05) is 35.4 Å². The summed E-state index contributed by atoms with van der Waals surface area (Å²) >= 11 is 0. The Morgan fingerprint density at radius 2 is 1.78 bits per heavy atom. The van der Waals surface area contributed by atoms with E-state index in [1.165, 1.54) is 11.1 Å². The minimum Gasteiger partial charge on any atom is -0.355 e. The van der Waals surface area contributed by atoms with E-state index in [-0.39, 0.29) is 17.4 Å². The highest BCUT2D eigenvalue weighted by Crippen LogP contribution is 2.51. The summed E-state index contributed by atoms with van der Waals surface area (Å²) in [7, 11) is 0. The van der Waals surface area contributed by atoms with Crippen LogP contribution in [0.3, 0.4) is 0 Å². The standard InChI is InChI=1S/C28H30N8O/c1-18(37)35-14-15-36(22-9-5-4-8-21(22)35)27-24-26(32-33-27)31-23(17-30-24)34-12-10-28(11-13-34)16-19-6-2-3-7-20(19)25(28)29/h2-9,17,25H,10-16,29H2,1H3,(H,31,32,33)/t25-/m1/s1. The molecule has 2 aromatic heterocycles. The van der Waals surface area contributed by atoms with Gasteiger partial charge in [0.2, 0.25) is 5.91 Å². The summed E-state index contributed by atoms with van der Waals surface area (Å²) in [5.74, 6) is 1.63. The molecule has 4 aromatic rings. The van der Waals surface area contributed by atoms with Crippen molar-refractivity contribution < 1.29 is 4.79 Å². The minimum atomic E-state index is 0.0363. The molecule has 0 unspecified atom stereocenters. The fraction of sp³-hybridized carbons (Fsp3) is 0.357. The molecular weight excluding hydrogens is 464 g/mol. The van der Waals surface area contributed by atoms with Crippen molar-refractivity contribution in [2.45, 2.75) is 32.2 Å². The average Bonchev–Trinajstić information content (AvgIpc) is 3.47. The molecule has 2 aromatic carbocycles. The zero-order chi connectivity index (χ0) is 25.1. The molecule has 1 atom stereocenters. The zero-order valence-electron chi connectivity index (χ0n) is 20.9. The quantitative estimate of drug-likeness (QED) is 0.438. The number of fused-ring (bicyclic) bond motifs is 3. The van der Waals surface area contributed by atoms with E-state index in [0.717, 1.165) is 60.9 Å². The Labute approximate surface area is 215 Å². The van der Waals surface area contributed by atoms with Crippen molar-refractivity contribution in [1.29, 1.82) is 0 Å². The van der Waals surface area contributed by atoms with Gasteiger partial charge >= 0.3 is 0 Å². The van der Waals surface area contributed by atoms with Crippen molar-refractivity contribution in [3.63, 3.8) is 0 Å². The van der Waals surface area contributed by atoms with Gasteiger partial charge in [-0.3, -0.25) is 9.89 Å². The minimum absolute atomic E-state index is 0.0363. The summed E-state index contributed by atoms with van der Waals surface area (Å²) in [6, 6.07) is 16.6. The highest BCUT2D eigenvalue weighted by molar-refractivity contribution is 5.99. The van der Waals surface area contributed by atoms with Gasteiger partial charge in [0.25, 0.3) is 0 Å². The Kier molecular flexibility index (Phi) is 4.97. The molecule has 1 saturated heterocycles. The second-order valence-electron chi connectivity index (χ2n) is 10.5. The number of carbonyl (C=O) groups excluding carboxylic acids is 1. The van der Waals surface area contributed by atoms with Gasteiger partial charge in [-0.15, -0.1) is 0 Å². The average molecular weight is 495 g/mol. The van der Waals surface area contributed by atoms with Crippen LogP contribution in [-0.4, -0.2) is 52.3 Å². The lowest BCUT2D eigenvalue weighted by atomic mass is 9.73. The van der Waals surface area contributed by atoms with E-state index in [2.05, 4.69) is 44.3 Å². The van der Waals surface area contributed by atoms with Gasteiger partial charge < -0.3 is 20.4 Å². The third kappa shape index (κ3) is 3.41. The van der Waals surface area contributed by atoms with Crippen LogP contribution in [0.2, 0.25) is 0 Å². The van der Waals surface area contributed by atoms with Gasteiger partial charge in [-0.25, -0.2) is 9.97 Å². The molecule has 3 aliphatic rings. The second-order valence-corrected chi connectivity index (χ2v) is 10.5. The number of para-hydroxylation sites is 2. The number of aromatic amines is 1.